The predicted molar refractivity (Wildman–Crippen MR) is 76.1 cm³/mol. The summed E-state index contributed by atoms with van der Waals surface area (Å²) >= 11 is 13.3. The molecule has 3 nitrogen and oxygen atoms in total. The minimum atomic E-state index is -0.0869. The van der Waals surface area contributed by atoms with Crippen LogP contribution in [0.5, 0.6) is 0 Å². The average molecular weight is 293 g/mol. The molecule has 0 saturated carbocycles. The number of rotatable bonds is 6. The van der Waals surface area contributed by atoms with Gasteiger partial charge in [0.1, 0.15) is 0 Å². The first-order chi connectivity index (χ1) is 8.13. The molecule has 0 heterocycles. The fourth-order valence-corrected chi connectivity index (χ4v) is 2.24. The van der Waals surface area contributed by atoms with Crippen molar-refractivity contribution in [3.05, 3.63) is 28.2 Å². The van der Waals surface area contributed by atoms with Crippen molar-refractivity contribution in [3.63, 3.8) is 0 Å². The fraction of sp³-hybridized carbons (Fsp3) is 0.364. The summed E-state index contributed by atoms with van der Waals surface area (Å²) in [6, 6.07) is 4.96. The number of thioether (sulfide) groups is 1. The van der Waals surface area contributed by atoms with Crippen molar-refractivity contribution in [1.29, 1.82) is 0 Å². The number of carbonyl (C=O) groups excluding carboxylic acids is 1. The first kappa shape index (κ1) is 14.6. The molecule has 0 aliphatic carbocycles. The second kappa shape index (κ2) is 7.82. The standard InChI is InChI=1S/C11H14Cl2N2OS/c12-8-2-3-9(13)10(6-8)15-11(16)7-17-5-1-4-14/h2-3,6H,1,4-5,7,14H2,(H,15,16). The molecule has 0 atom stereocenters. The van der Waals surface area contributed by atoms with Crippen LogP contribution in [0, 0.1) is 0 Å². The average Bonchev–Trinajstić information content (AvgIpc) is 2.29. The molecule has 0 unspecified atom stereocenters. The predicted octanol–water partition coefficient (Wildman–Crippen LogP) is 3.01. The molecule has 0 saturated heterocycles. The van der Waals surface area contributed by atoms with Crippen LogP contribution in [-0.2, 0) is 4.79 Å². The van der Waals surface area contributed by atoms with Crippen LogP contribution in [0.25, 0.3) is 0 Å². The van der Waals surface area contributed by atoms with Crippen LogP contribution in [0.1, 0.15) is 6.42 Å². The number of nitrogens with one attached hydrogen (secondary N) is 1. The van der Waals surface area contributed by atoms with Crippen LogP contribution in [0.4, 0.5) is 5.69 Å². The van der Waals surface area contributed by atoms with E-state index < -0.39 is 0 Å². The van der Waals surface area contributed by atoms with Crippen molar-refractivity contribution >= 4 is 46.6 Å². The van der Waals surface area contributed by atoms with Gasteiger partial charge < -0.3 is 11.1 Å². The van der Waals surface area contributed by atoms with Gasteiger partial charge in [0.2, 0.25) is 5.91 Å². The molecule has 1 aromatic rings. The van der Waals surface area contributed by atoms with Gasteiger partial charge >= 0.3 is 0 Å². The lowest BCUT2D eigenvalue weighted by Crippen LogP contribution is -2.15. The summed E-state index contributed by atoms with van der Waals surface area (Å²) in [6.07, 6.45) is 0.913. The van der Waals surface area contributed by atoms with Gasteiger partial charge in [-0.05, 0) is 36.9 Å². The second-order valence-corrected chi connectivity index (χ2v) is 5.32. The molecule has 3 N–H and O–H groups in total. The highest BCUT2D eigenvalue weighted by atomic mass is 35.5. The van der Waals surface area contributed by atoms with Crippen LogP contribution in [-0.4, -0.2) is 24.0 Å². The van der Waals surface area contributed by atoms with Gasteiger partial charge in [0.25, 0.3) is 0 Å². The van der Waals surface area contributed by atoms with Crippen LogP contribution in [0.3, 0.4) is 0 Å². The lowest BCUT2D eigenvalue weighted by atomic mass is 10.3. The monoisotopic (exact) mass is 292 g/mol. The molecule has 17 heavy (non-hydrogen) atoms. The number of benzene rings is 1. The van der Waals surface area contributed by atoms with E-state index >= 15 is 0 Å². The van der Waals surface area contributed by atoms with E-state index in [-0.39, 0.29) is 5.91 Å². The Morgan fingerprint density at radius 3 is 2.88 bits per heavy atom. The highest BCUT2D eigenvalue weighted by Crippen LogP contribution is 2.25. The van der Waals surface area contributed by atoms with Crippen molar-refractivity contribution in [2.45, 2.75) is 6.42 Å². The summed E-state index contributed by atoms with van der Waals surface area (Å²) in [7, 11) is 0. The van der Waals surface area contributed by atoms with E-state index in [0.29, 0.717) is 28.0 Å². The van der Waals surface area contributed by atoms with Gasteiger partial charge in [-0.25, -0.2) is 0 Å². The number of nitrogens with two attached hydrogens (primary N) is 1. The SMILES string of the molecule is NCCCSCC(=O)Nc1cc(Cl)ccc1Cl. The smallest absolute Gasteiger partial charge is 0.234 e. The Morgan fingerprint density at radius 2 is 2.18 bits per heavy atom. The van der Waals surface area contributed by atoms with E-state index in [4.69, 9.17) is 28.9 Å². The van der Waals surface area contributed by atoms with Gasteiger partial charge in [0.05, 0.1) is 16.5 Å². The molecular formula is C11H14Cl2N2OS. The molecule has 1 amide bonds. The van der Waals surface area contributed by atoms with E-state index in [9.17, 15) is 4.79 Å². The zero-order valence-corrected chi connectivity index (χ0v) is 11.5. The number of carbonyl (C=O) groups is 1. The van der Waals surface area contributed by atoms with Crippen LogP contribution in [0.2, 0.25) is 10.0 Å². The normalized spacial score (nSPS) is 10.3. The summed E-state index contributed by atoms with van der Waals surface area (Å²) in [6.45, 7) is 0.648. The topological polar surface area (TPSA) is 55.1 Å². The molecule has 6 heteroatoms. The fourth-order valence-electron chi connectivity index (χ4n) is 1.13. The first-order valence-electron chi connectivity index (χ1n) is 5.16. The molecule has 0 bridgehead atoms. The molecule has 0 fully saturated rings. The quantitative estimate of drug-likeness (QED) is 0.793. The van der Waals surface area contributed by atoms with Gasteiger partial charge in [-0.1, -0.05) is 23.2 Å². The third-order valence-corrected chi connectivity index (χ3v) is 3.54. The first-order valence-corrected chi connectivity index (χ1v) is 7.07. The summed E-state index contributed by atoms with van der Waals surface area (Å²) in [5.41, 5.74) is 5.90. The summed E-state index contributed by atoms with van der Waals surface area (Å²) in [5, 5.41) is 3.74. The minimum Gasteiger partial charge on any atom is -0.330 e. The molecule has 0 spiro atoms. The Hall–Kier alpha value is -0.420. The van der Waals surface area contributed by atoms with E-state index in [2.05, 4.69) is 5.32 Å². The Morgan fingerprint density at radius 1 is 1.41 bits per heavy atom. The van der Waals surface area contributed by atoms with Crippen molar-refractivity contribution in [1.82, 2.24) is 0 Å². The maximum absolute atomic E-state index is 11.6. The minimum absolute atomic E-state index is 0.0869. The van der Waals surface area contributed by atoms with Gasteiger partial charge in [-0.2, -0.15) is 11.8 Å². The Balaban J connectivity index is 2.42. The Labute approximate surface area is 115 Å². The highest BCUT2D eigenvalue weighted by Gasteiger charge is 2.06. The molecular weight excluding hydrogens is 279 g/mol. The van der Waals surface area contributed by atoms with Gasteiger partial charge in [0.15, 0.2) is 0 Å². The van der Waals surface area contributed by atoms with Crippen LogP contribution in [0.15, 0.2) is 18.2 Å². The zero-order valence-electron chi connectivity index (χ0n) is 9.21. The summed E-state index contributed by atoms with van der Waals surface area (Å²) in [4.78, 5) is 11.6. The van der Waals surface area contributed by atoms with E-state index in [0.717, 1.165) is 12.2 Å². The van der Waals surface area contributed by atoms with Crippen LogP contribution < -0.4 is 11.1 Å². The maximum atomic E-state index is 11.6. The molecule has 0 aromatic heterocycles. The molecule has 94 valence electrons. The van der Waals surface area contributed by atoms with Gasteiger partial charge in [0, 0.05) is 5.02 Å². The van der Waals surface area contributed by atoms with Crippen molar-refractivity contribution in [2.24, 2.45) is 5.73 Å². The third kappa shape index (κ3) is 5.64. The van der Waals surface area contributed by atoms with Gasteiger partial charge in [-0.3, -0.25) is 4.79 Å². The zero-order chi connectivity index (χ0) is 12.7. The van der Waals surface area contributed by atoms with Crippen molar-refractivity contribution in [3.8, 4) is 0 Å². The third-order valence-electron chi connectivity index (χ3n) is 1.93. The highest BCUT2D eigenvalue weighted by molar-refractivity contribution is 7.99. The summed E-state index contributed by atoms with van der Waals surface area (Å²) in [5.74, 6) is 1.19. The largest absolute Gasteiger partial charge is 0.330 e. The maximum Gasteiger partial charge on any atom is 0.234 e. The van der Waals surface area contributed by atoms with Crippen LogP contribution >= 0.6 is 35.0 Å². The van der Waals surface area contributed by atoms with Gasteiger partial charge in [-0.15, -0.1) is 0 Å². The molecule has 1 aromatic carbocycles. The number of anilines is 1. The molecule has 0 radical (unpaired) electrons. The van der Waals surface area contributed by atoms with Crippen molar-refractivity contribution in [2.75, 3.05) is 23.4 Å². The Bertz CT molecular complexity index is 388. The molecule has 1 rings (SSSR count). The number of hydrogen-bond donors (Lipinski definition) is 2. The summed E-state index contributed by atoms with van der Waals surface area (Å²) < 4.78 is 0. The molecule has 0 aliphatic heterocycles. The lowest BCUT2D eigenvalue weighted by molar-refractivity contribution is -0.113. The molecule has 0 aliphatic rings. The van der Waals surface area contributed by atoms with E-state index in [1.165, 1.54) is 0 Å². The van der Waals surface area contributed by atoms with E-state index in [1.54, 1.807) is 30.0 Å². The Kier molecular flexibility index (Phi) is 6.73. The number of amides is 1. The van der Waals surface area contributed by atoms with E-state index in [1.807, 2.05) is 0 Å². The lowest BCUT2D eigenvalue weighted by Gasteiger charge is -2.07. The number of hydrogen-bond acceptors (Lipinski definition) is 3. The number of halogens is 2. The van der Waals surface area contributed by atoms with Crippen molar-refractivity contribution < 1.29 is 4.79 Å². The second-order valence-electron chi connectivity index (χ2n) is 3.37.